The Balaban J connectivity index is 1.19. The number of nitrogens with zero attached hydrogens (tertiary/aromatic N) is 1. The van der Waals surface area contributed by atoms with Gasteiger partial charge in [0, 0.05) is 22.4 Å². The number of hydrogen-bond acceptors (Lipinski definition) is 1. The summed E-state index contributed by atoms with van der Waals surface area (Å²) in [5.41, 5.74) is 20.6. The van der Waals surface area contributed by atoms with Crippen LogP contribution in [0.3, 0.4) is 0 Å². The first-order chi connectivity index (χ1) is 29.0. The van der Waals surface area contributed by atoms with Crippen molar-refractivity contribution in [2.45, 2.75) is 24.7 Å². The van der Waals surface area contributed by atoms with E-state index in [1.54, 1.807) is 0 Å². The van der Waals surface area contributed by atoms with Gasteiger partial charge >= 0.3 is 0 Å². The predicted octanol–water partition coefficient (Wildman–Crippen LogP) is 15.2. The fourth-order valence-corrected chi connectivity index (χ4v) is 10.3. The highest BCUT2D eigenvalue weighted by molar-refractivity contribution is 5.98. The number of anilines is 3. The molecule has 11 rings (SSSR count). The molecule has 59 heavy (non-hydrogen) atoms. The molecule has 0 saturated carbocycles. The highest BCUT2D eigenvalue weighted by atomic mass is 15.1. The normalized spacial score (nSPS) is 13.9. The second kappa shape index (κ2) is 13.7. The Morgan fingerprint density at radius 2 is 0.814 bits per heavy atom. The van der Waals surface area contributed by atoms with E-state index in [0.29, 0.717) is 0 Å². The van der Waals surface area contributed by atoms with Crippen LogP contribution in [-0.2, 0) is 10.8 Å². The minimum absolute atomic E-state index is 0.132. The van der Waals surface area contributed by atoms with Crippen LogP contribution in [0.25, 0.3) is 44.5 Å². The summed E-state index contributed by atoms with van der Waals surface area (Å²) >= 11 is 0. The van der Waals surface area contributed by atoms with Crippen molar-refractivity contribution in [1.29, 1.82) is 0 Å². The maximum absolute atomic E-state index is 2.47. The molecule has 0 bridgehead atoms. The Kier molecular flexibility index (Phi) is 8.13. The standard InChI is InChI=1S/C58H43N/c1-57(2)51-32-15-12-28-47(51)50-37-36-45(39-54(50)57)59(44-26-10-5-11-27-44)55-35-19-31-46(40-20-6-3-7-21-40)56(55)41-22-18-25-43(38-41)58(42-23-8-4-9-24-42)52-33-16-13-29-48(52)49-30-14-17-34-53(49)58/h3-39H,1-2H3. The van der Waals surface area contributed by atoms with Crippen LogP contribution in [0.2, 0.25) is 0 Å². The molecule has 0 aliphatic heterocycles. The molecule has 2 aliphatic rings. The summed E-state index contributed by atoms with van der Waals surface area (Å²) in [7, 11) is 0. The van der Waals surface area contributed by atoms with E-state index in [4.69, 9.17) is 0 Å². The van der Waals surface area contributed by atoms with Crippen molar-refractivity contribution in [2.24, 2.45) is 0 Å². The highest BCUT2D eigenvalue weighted by Gasteiger charge is 2.46. The molecule has 0 N–H and O–H groups in total. The van der Waals surface area contributed by atoms with Crippen LogP contribution in [-0.4, -0.2) is 0 Å². The molecular weight excluding hydrogens is 711 g/mol. The lowest BCUT2D eigenvalue weighted by Crippen LogP contribution is -2.28. The van der Waals surface area contributed by atoms with Crippen molar-refractivity contribution in [3.63, 3.8) is 0 Å². The SMILES string of the molecule is CC1(C)c2ccccc2-c2ccc(N(c3ccccc3)c3cccc(-c4ccccc4)c3-c3cccc(C4(c5ccccc5)c5ccccc5-c5ccccc54)c3)cc21. The molecule has 0 amide bonds. The van der Waals surface area contributed by atoms with Gasteiger partial charge in [-0.15, -0.1) is 0 Å². The summed E-state index contributed by atoms with van der Waals surface area (Å²) in [6.45, 7) is 4.73. The van der Waals surface area contributed by atoms with E-state index >= 15 is 0 Å². The van der Waals surface area contributed by atoms with Gasteiger partial charge in [0.2, 0.25) is 0 Å². The minimum atomic E-state index is -0.508. The van der Waals surface area contributed by atoms with E-state index in [1.807, 2.05) is 0 Å². The molecule has 0 atom stereocenters. The van der Waals surface area contributed by atoms with Crippen LogP contribution >= 0.6 is 0 Å². The Labute approximate surface area is 347 Å². The lowest BCUT2D eigenvalue weighted by molar-refractivity contribution is 0.660. The van der Waals surface area contributed by atoms with E-state index < -0.39 is 5.41 Å². The molecule has 0 aromatic heterocycles. The maximum Gasteiger partial charge on any atom is 0.0713 e. The van der Waals surface area contributed by atoms with Gasteiger partial charge in [-0.3, -0.25) is 0 Å². The third-order valence-corrected chi connectivity index (χ3v) is 13.0. The predicted molar refractivity (Wildman–Crippen MR) is 247 cm³/mol. The second-order valence-corrected chi connectivity index (χ2v) is 16.4. The van der Waals surface area contributed by atoms with Crippen LogP contribution in [0, 0.1) is 0 Å². The van der Waals surface area contributed by atoms with Gasteiger partial charge in [-0.1, -0.05) is 202 Å². The molecule has 9 aromatic carbocycles. The number of fused-ring (bicyclic) bond motifs is 6. The van der Waals surface area contributed by atoms with Gasteiger partial charge in [0.15, 0.2) is 0 Å². The maximum atomic E-state index is 2.47. The van der Waals surface area contributed by atoms with E-state index in [-0.39, 0.29) is 5.41 Å². The summed E-state index contributed by atoms with van der Waals surface area (Å²) in [5.74, 6) is 0. The largest absolute Gasteiger partial charge is 0.310 e. The molecule has 9 aromatic rings. The van der Waals surface area contributed by atoms with Gasteiger partial charge in [0.1, 0.15) is 0 Å². The fraction of sp³-hybridized carbons (Fsp3) is 0.0690. The summed E-state index contributed by atoms with van der Waals surface area (Å²) in [4.78, 5) is 2.47. The van der Waals surface area contributed by atoms with Crippen molar-refractivity contribution < 1.29 is 0 Å². The van der Waals surface area contributed by atoms with Crippen molar-refractivity contribution in [1.82, 2.24) is 0 Å². The lowest BCUT2D eigenvalue weighted by Gasteiger charge is -2.34. The zero-order valence-electron chi connectivity index (χ0n) is 33.3. The Morgan fingerprint density at radius 3 is 1.49 bits per heavy atom. The quantitative estimate of drug-likeness (QED) is 0.157. The van der Waals surface area contributed by atoms with E-state index in [2.05, 4.69) is 243 Å². The molecule has 1 heteroatoms. The van der Waals surface area contributed by atoms with Crippen LogP contribution in [0.5, 0.6) is 0 Å². The van der Waals surface area contributed by atoms with Crippen LogP contribution in [0.1, 0.15) is 47.2 Å². The average molecular weight is 754 g/mol. The summed E-state index contributed by atoms with van der Waals surface area (Å²) in [6.07, 6.45) is 0. The Bertz CT molecular complexity index is 2970. The lowest BCUT2D eigenvalue weighted by atomic mass is 9.67. The van der Waals surface area contributed by atoms with Crippen LogP contribution in [0.4, 0.5) is 17.1 Å². The molecule has 0 radical (unpaired) electrons. The fourth-order valence-electron chi connectivity index (χ4n) is 10.3. The third-order valence-electron chi connectivity index (χ3n) is 13.0. The monoisotopic (exact) mass is 753 g/mol. The summed E-state index contributed by atoms with van der Waals surface area (Å²) in [5, 5.41) is 0. The van der Waals surface area contributed by atoms with Gasteiger partial charge < -0.3 is 4.90 Å². The topological polar surface area (TPSA) is 3.24 Å². The molecule has 0 fully saturated rings. The van der Waals surface area contributed by atoms with Gasteiger partial charge in [0.25, 0.3) is 0 Å². The number of hydrogen-bond donors (Lipinski definition) is 0. The van der Waals surface area contributed by atoms with Crippen molar-refractivity contribution in [3.05, 3.63) is 258 Å². The first-order valence-corrected chi connectivity index (χ1v) is 20.7. The molecule has 1 nitrogen and oxygen atoms in total. The van der Waals surface area contributed by atoms with Gasteiger partial charge in [-0.2, -0.15) is 0 Å². The highest BCUT2D eigenvalue weighted by Crippen LogP contribution is 2.57. The van der Waals surface area contributed by atoms with E-state index in [9.17, 15) is 0 Å². The third kappa shape index (κ3) is 5.31. The van der Waals surface area contributed by atoms with Crippen LogP contribution in [0.15, 0.2) is 224 Å². The zero-order valence-corrected chi connectivity index (χ0v) is 33.3. The van der Waals surface area contributed by atoms with Gasteiger partial charge in [-0.05, 0) is 109 Å². The van der Waals surface area contributed by atoms with Crippen molar-refractivity contribution in [2.75, 3.05) is 4.90 Å². The van der Waals surface area contributed by atoms with Gasteiger partial charge in [-0.25, -0.2) is 0 Å². The van der Waals surface area contributed by atoms with Gasteiger partial charge in [0.05, 0.1) is 11.1 Å². The number of para-hydroxylation sites is 1. The van der Waals surface area contributed by atoms with Crippen molar-refractivity contribution in [3.8, 4) is 44.5 Å². The summed E-state index contributed by atoms with van der Waals surface area (Å²) in [6, 6.07) is 83.1. The number of rotatable bonds is 7. The summed E-state index contributed by atoms with van der Waals surface area (Å²) < 4.78 is 0. The molecule has 280 valence electrons. The average Bonchev–Trinajstić information content (AvgIpc) is 3.73. The van der Waals surface area contributed by atoms with Crippen LogP contribution < -0.4 is 4.90 Å². The number of benzene rings is 9. The molecule has 0 heterocycles. The zero-order chi connectivity index (χ0) is 39.6. The van der Waals surface area contributed by atoms with Crippen molar-refractivity contribution >= 4 is 17.1 Å². The molecule has 0 unspecified atom stereocenters. The smallest absolute Gasteiger partial charge is 0.0713 e. The second-order valence-electron chi connectivity index (χ2n) is 16.4. The van der Waals surface area contributed by atoms with E-state index in [1.165, 1.54) is 77.9 Å². The van der Waals surface area contributed by atoms with E-state index in [0.717, 1.165) is 17.1 Å². The molecular formula is C58H43N. The Hall–Kier alpha value is -7.22. The molecule has 0 saturated heterocycles. The molecule has 0 spiro atoms. The molecule has 2 aliphatic carbocycles. The first-order valence-electron chi connectivity index (χ1n) is 20.7. The Morgan fingerprint density at radius 1 is 0.322 bits per heavy atom. The minimum Gasteiger partial charge on any atom is -0.310 e. The first kappa shape index (κ1) is 35.0.